The van der Waals surface area contributed by atoms with Crippen molar-refractivity contribution in [2.24, 2.45) is 35.5 Å². The molecule has 0 N–H and O–H groups in total. The van der Waals surface area contributed by atoms with Crippen molar-refractivity contribution >= 4 is 30.9 Å². The molecule has 7 rings (SSSR count). The molecular formula is C63H96O13Ru2. The average Bonchev–Trinajstić information content (AvgIpc) is 4.16. The molecule has 2 radical (unpaired) electrons. The van der Waals surface area contributed by atoms with Crippen LogP contribution in [0, 0.1) is 42.4 Å². The third-order valence-electron chi connectivity index (χ3n) is 11.2. The quantitative estimate of drug-likeness (QED) is 0.0505. The fraction of sp³-hybridized carbons (Fsp3) is 0.556. The second kappa shape index (κ2) is 45.8. The second-order valence-electron chi connectivity index (χ2n) is 19.4. The first-order valence-corrected chi connectivity index (χ1v) is 26.3. The van der Waals surface area contributed by atoms with Crippen LogP contribution in [0.15, 0.2) is 98.6 Å². The van der Waals surface area contributed by atoms with E-state index in [0.29, 0.717) is 70.9 Å². The maximum Gasteiger partial charge on any atom is 1.00 e. The van der Waals surface area contributed by atoms with E-state index in [0.717, 1.165) is 36.8 Å². The molecule has 1 saturated heterocycles. The Kier molecular flexibility index (Phi) is 48.1. The smallest absolute Gasteiger partial charge is 0.610 e. The molecular weight excluding hydrogens is 1170 g/mol. The van der Waals surface area contributed by atoms with Crippen molar-refractivity contribution in [1.82, 2.24) is 0 Å². The van der Waals surface area contributed by atoms with Crippen LogP contribution in [0.3, 0.4) is 0 Å². The molecule has 78 heavy (non-hydrogen) atoms. The van der Waals surface area contributed by atoms with Crippen LogP contribution in [0.5, 0.6) is 11.5 Å². The summed E-state index contributed by atoms with van der Waals surface area (Å²) in [5, 5.41) is 0. The van der Waals surface area contributed by atoms with Gasteiger partial charge in [0.05, 0.1) is 5.56 Å². The van der Waals surface area contributed by atoms with Gasteiger partial charge in [-0.15, -0.1) is 24.3 Å². The van der Waals surface area contributed by atoms with E-state index in [1.54, 1.807) is 25.1 Å². The number of carbonyl (C=O) groups is 3. The molecule has 4 heterocycles. The number of ether oxygens (including phenoxy) is 5. The number of cyclic esters (lactones) is 3. The molecule has 0 amide bonds. The van der Waals surface area contributed by atoms with Gasteiger partial charge in [0.25, 0.3) is 0 Å². The van der Waals surface area contributed by atoms with Crippen LogP contribution < -0.4 is 15.3 Å². The van der Waals surface area contributed by atoms with E-state index in [-0.39, 0.29) is 90.0 Å². The molecule has 1 fully saturated rings. The largest absolute Gasteiger partial charge is 1.00 e. The first-order valence-electron chi connectivity index (χ1n) is 26.3. The van der Waals surface area contributed by atoms with Crippen molar-refractivity contribution in [2.75, 3.05) is 0 Å². The number of carbonyl (C=O) groups excluding carboxylic acids is 5. The Morgan fingerprint density at radius 2 is 1.14 bits per heavy atom. The van der Waals surface area contributed by atoms with Crippen molar-refractivity contribution < 1.29 is 95.4 Å². The SMILES string of the molecule is C.C.CC.CC.CC(C)C1C=CC(=O)O1.CC(C)C1CCC(=O)O1.CC(C)C1OC(=O)c2ccccc21.CC(C)Cc1ccc(O[C-]=O)cc1.CCC(c1ccc(O[C-]=O)cc1)C(C)C.Cc1oc(=O)oc1CC(C)C.[Ru+].[Ru+]. The van der Waals surface area contributed by atoms with Gasteiger partial charge in [-0.3, -0.25) is 4.79 Å². The topological polar surface area (TPSA) is 175 Å². The minimum Gasteiger partial charge on any atom is -0.610 e. The Balaban J connectivity index is -0.000000269. The van der Waals surface area contributed by atoms with Gasteiger partial charge in [-0.2, -0.15) is 0 Å². The maximum atomic E-state index is 11.4. The summed E-state index contributed by atoms with van der Waals surface area (Å²) in [5.41, 5.74) is 4.31. The predicted molar refractivity (Wildman–Crippen MR) is 306 cm³/mol. The number of benzene rings is 3. The zero-order valence-electron chi connectivity index (χ0n) is 48.4. The minimum absolute atomic E-state index is 0. The summed E-state index contributed by atoms with van der Waals surface area (Å²) >= 11 is 0. The summed E-state index contributed by atoms with van der Waals surface area (Å²) in [6.45, 7) is 39.9. The van der Waals surface area contributed by atoms with Crippen LogP contribution in [0.4, 0.5) is 0 Å². The van der Waals surface area contributed by atoms with Gasteiger partial charge in [-0.05, 0) is 96.8 Å². The molecule has 442 valence electrons. The Hall–Kier alpha value is -4.99. The molecule has 3 aromatic carbocycles. The van der Waals surface area contributed by atoms with Crippen LogP contribution in [-0.4, -0.2) is 43.1 Å². The van der Waals surface area contributed by atoms with E-state index in [4.69, 9.17) is 23.0 Å². The standard InChI is InChI=1S/C13H17O2.C11H12O2.C11H13O2.C8H12O3.C7H12O2.C7H10O2.2C2H6.2CH4.2Ru/c1-4-13(10(2)3)11-5-7-12(8-6-11)15-9-14;1-7(2)10-8-5-3-4-6-9(8)11(12)13-10;1-9(2)7-10-3-5-11(6-4-10)13-8-12;1-5(2)4-7-6(3)10-8(9)11-7;2*1-5(2)6-3-4-7(8)9-6;2*1-2;;;;/h5-8,10,13H,4H2,1-3H3;3-7,10H,1-2H3;3-6,9H,7H2,1-2H3;5H,4H2,1-3H3;5-6H,3-4H2,1-2H3;3-6H,1-2H3;2*1-2H3;2*1H4;;/q-1;;-1;;;;;;;;2*+1. The molecule has 0 spiro atoms. The van der Waals surface area contributed by atoms with E-state index >= 15 is 0 Å². The van der Waals surface area contributed by atoms with E-state index in [1.807, 2.05) is 102 Å². The molecule has 4 atom stereocenters. The van der Waals surface area contributed by atoms with Crippen LogP contribution >= 0.6 is 0 Å². The summed E-state index contributed by atoms with van der Waals surface area (Å²) in [4.78, 5) is 62.8. The van der Waals surface area contributed by atoms with Gasteiger partial charge in [-0.1, -0.05) is 181 Å². The molecule has 15 heteroatoms. The molecule has 3 aliphatic heterocycles. The molecule has 3 aliphatic rings. The molecule has 13 nitrogen and oxygen atoms in total. The first kappa shape index (κ1) is 81.8. The van der Waals surface area contributed by atoms with E-state index < -0.39 is 5.82 Å². The number of rotatable bonds is 14. The third kappa shape index (κ3) is 32.2. The summed E-state index contributed by atoms with van der Waals surface area (Å²) in [6, 6.07) is 22.7. The Morgan fingerprint density at radius 3 is 1.49 bits per heavy atom. The summed E-state index contributed by atoms with van der Waals surface area (Å²) in [6.07, 6.45) is 7.89. The van der Waals surface area contributed by atoms with Gasteiger partial charge < -0.3 is 42.1 Å². The molecule has 0 saturated carbocycles. The molecule has 1 aromatic heterocycles. The number of esters is 3. The van der Waals surface area contributed by atoms with Crippen molar-refractivity contribution in [3.8, 4) is 11.5 Å². The molecule has 0 aliphatic carbocycles. The maximum absolute atomic E-state index is 11.4. The van der Waals surface area contributed by atoms with Crippen molar-refractivity contribution in [2.45, 2.75) is 196 Å². The Morgan fingerprint density at radius 1 is 0.628 bits per heavy atom. The zero-order valence-corrected chi connectivity index (χ0v) is 51.9. The molecule has 4 aromatic rings. The minimum atomic E-state index is -0.599. The molecule has 4 unspecified atom stereocenters. The number of hydrogen-bond acceptors (Lipinski definition) is 13. The second-order valence-corrected chi connectivity index (χ2v) is 19.4. The van der Waals surface area contributed by atoms with Gasteiger partial charge in [0, 0.05) is 24.5 Å². The van der Waals surface area contributed by atoms with E-state index in [2.05, 4.69) is 85.6 Å². The average molecular weight is 1260 g/mol. The fourth-order valence-electron chi connectivity index (χ4n) is 7.50. The monoisotopic (exact) mass is 1260 g/mol. The summed E-state index contributed by atoms with van der Waals surface area (Å²) in [7, 11) is 0. The first-order chi connectivity index (χ1) is 35.1. The number of fused-ring (bicyclic) bond motifs is 1. The van der Waals surface area contributed by atoms with Gasteiger partial charge in [0.2, 0.25) is 0 Å². The normalized spacial score (nSPS) is 15.2. The van der Waals surface area contributed by atoms with Crippen molar-refractivity contribution in [3.05, 3.63) is 129 Å². The number of aryl methyl sites for hydroxylation is 1. The van der Waals surface area contributed by atoms with Gasteiger partial charge in [0.1, 0.15) is 29.8 Å². The predicted octanol–water partition coefficient (Wildman–Crippen LogP) is 15.7. The van der Waals surface area contributed by atoms with Gasteiger partial charge in [0.15, 0.2) is 12.9 Å². The van der Waals surface area contributed by atoms with Gasteiger partial charge >= 0.3 is 62.7 Å². The van der Waals surface area contributed by atoms with Crippen molar-refractivity contribution in [1.29, 1.82) is 0 Å². The summed E-state index contributed by atoms with van der Waals surface area (Å²) < 4.78 is 33.8. The Labute approximate surface area is 495 Å². The van der Waals surface area contributed by atoms with Crippen LogP contribution in [0.1, 0.15) is 202 Å². The zero-order chi connectivity index (χ0) is 56.5. The fourth-order valence-corrected chi connectivity index (χ4v) is 7.50. The van der Waals surface area contributed by atoms with Crippen molar-refractivity contribution in [3.63, 3.8) is 0 Å². The number of hydrogen-bond donors (Lipinski definition) is 0. The molecule has 0 bridgehead atoms. The van der Waals surface area contributed by atoms with E-state index in [1.165, 1.54) is 30.1 Å². The van der Waals surface area contributed by atoms with Gasteiger partial charge in [-0.25, -0.2) is 14.4 Å². The van der Waals surface area contributed by atoms with Crippen LogP contribution in [0.25, 0.3) is 0 Å². The third-order valence-corrected chi connectivity index (χ3v) is 11.2. The summed E-state index contributed by atoms with van der Waals surface area (Å²) in [5.74, 6) is 4.87. The van der Waals surface area contributed by atoms with Crippen LogP contribution in [-0.2, 0) is 85.2 Å². The van der Waals surface area contributed by atoms with E-state index in [9.17, 15) is 28.8 Å². The van der Waals surface area contributed by atoms with Crippen LogP contribution in [0.2, 0.25) is 0 Å². The Bertz CT molecular complexity index is 2270.